The molecule has 1 aromatic heterocycles. The fourth-order valence-electron chi connectivity index (χ4n) is 2.82. The van der Waals surface area contributed by atoms with Crippen LogP contribution >= 0.6 is 11.8 Å². The lowest BCUT2D eigenvalue weighted by Crippen LogP contribution is -2.25. The van der Waals surface area contributed by atoms with E-state index < -0.39 is 5.82 Å². The lowest BCUT2D eigenvalue weighted by Gasteiger charge is -2.13. The van der Waals surface area contributed by atoms with E-state index in [0.29, 0.717) is 47.9 Å². The van der Waals surface area contributed by atoms with Crippen LogP contribution in [0.4, 0.5) is 10.1 Å². The fraction of sp³-hybridized carbons (Fsp3) is 0.286. The highest BCUT2D eigenvalue weighted by molar-refractivity contribution is 7.99. The molecule has 6 nitrogen and oxygen atoms in total. The minimum Gasteiger partial charge on any atom is -0.382 e. The van der Waals surface area contributed by atoms with Gasteiger partial charge in [-0.1, -0.05) is 30.0 Å². The number of thioether (sulfide) groups is 1. The largest absolute Gasteiger partial charge is 0.382 e. The summed E-state index contributed by atoms with van der Waals surface area (Å²) in [7, 11) is 0. The SMILES string of the molecule is CCOCCCn1c(SCC(=O)Nc2cccc(F)c2)nc2ccccc2c1=O. The van der Waals surface area contributed by atoms with E-state index >= 15 is 0 Å². The predicted octanol–water partition coefficient (Wildman–Crippen LogP) is 3.69. The maximum Gasteiger partial charge on any atom is 0.262 e. The number of anilines is 1. The molecule has 1 N–H and O–H groups in total. The van der Waals surface area contributed by atoms with Gasteiger partial charge in [-0.05, 0) is 43.7 Å². The number of aromatic nitrogens is 2. The number of benzene rings is 2. The number of fused-ring (bicyclic) bond motifs is 1. The maximum absolute atomic E-state index is 13.3. The monoisotopic (exact) mass is 415 g/mol. The molecule has 3 aromatic rings. The third kappa shape index (κ3) is 5.65. The first-order valence-electron chi connectivity index (χ1n) is 9.34. The van der Waals surface area contributed by atoms with Crippen LogP contribution in [-0.4, -0.2) is 34.4 Å². The summed E-state index contributed by atoms with van der Waals surface area (Å²) < 4.78 is 20.2. The van der Waals surface area contributed by atoms with E-state index in [4.69, 9.17) is 4.74 Å². The first-order chi connectivity index (χ1) is 14.1. The van der Waals surface area contributed by atoms with Crippen LogP contribution in [0.15, 0.2) is 58.5 Å². The topological polar surface area (TPSA) is 73.2 Å². The van der Waals surface area contributed by atoms with Gasteiger partial charge in [0, 0.05) is 25.4 Å². The van der Waals surface area contributed by atoms with Crippen molar-refractivity contribution >= 4 is 34.3 Å². The van der Waals surface area contributed by atoms with Gasteiger partial charge in [0.2, 0.25) is 5.91 Å². The van der Waals surface area contributed by atoms with E-state index in [1.54, 1.807) is 28.8 Å². The molecule has 8 heteroatoms. The Morgan fingerprint density at radius 2 is 2.07 bits per heavy atom. The van der Waals surface area contributed by atoms with Crippen LogP contribution in [0.2, 0.25) is 0 Å². The number of amides is 1. The zero-order valence-corrected chi connectivity index (χ0v) is 16.9. The molecule has 0 spiro atoms. The highest BCUT2D eigenvalue weighted by atomic mass is 32.2. The van der Waals surface area contributed by atoms with Gasteiger partial charge >= 0.3 is 0 Å². The van der Waals surface area contributed by atoms with Crippen molar-refractivity contribution in [1.82, 2.24) is 9.55 Å². The van der Waals surface area contributed by atoms with Crippen molar-refractivity contribution in [1.29, 1.82) is 0 Å². The highest BCUT2D eigenvalue weighted by Crippen LogP contribution is 2.19. The number of halogens is 1. The smallest absolute Gasteiger partial charge is 0.262 e. The quantitative estimate of drug-likeness (QED) is 0.328. The van der Waals surface area contributed by atoms with Crippen molar-refractivity contribution in [2.45, 2.75) is 25.0 Å². The minimum atomic E-state index is -0.421. The summed E-state index contributed by atoms with van der Waals surface area (Å²) in [6.07, 6.45) is 0.664. The summed E-state index contributed by atoms with van der Waals surface area (Å²) in [4.78, 5) is 29.8. The van der Waals surface area contributed by atoms with Crippen LogP contribution in [0, 0.1) is 5.82 Å². The molecule has 0 bridgehead atoms. The molecule has 0 fully saturated rings. The Labute approximate surface area is 172 Å². The van der Waals surface area contributed by atoms with E-state index in [0.717, 1.165) is 0 Å². The first kappa shape index (κ1) is 21.0. The number of hydrogen-bond acceptors (Lipinski definition) is 5. The summed E-state index contributed by atoms with van der Waals surface area (Å²) in [5, 5.41) is 3.66. The van der Waals surface area contributed by atoms with E-state index in [9.17, 15) is 14.0 Å². The molecule has 0 atom stereocenters. The lowest BCUT2D eigenvalue weighted by molar-refractivity contribution is -0.113. The van der Waals surface area contributed by atoms with Gasteiger partial charge < -0.3 is 10.1 Å². The summed E-state index contributed by atoms with van der Waals surface area (Å²) in [5.74, 6) is -0.675. The molecule has 29 heavy (non-hydrogen) atoms. The normalized spacial score (nSPS) is 11.0. The third-order valence-corrected chi connectivity index (χ3v) is 5.12. The van der Waals surface area contributed by atoms with Crippen LogP contribution in [0.1, 0.15) is 13.3 Å². The minimum absolute atomic E-state index is 0.0484. The molecule has 1 amide bonds. The molecule has 2 aromatic carbocycles. The van der Waals surface area contributed by atoms with Crippen molar-refractivity contribution in [3.63, 3.8) is 0 Å². The van der Waals surface area contributed by atoms with E-state index in [-0.39, 0.29) is 17.2 Å². The number of carbonyl (C=O) groups excluding carboxylic acids is 1. The molecule has 1 heterocycles. The molecule has 0 saturated heterocycles. The number of rotatable bonds is 9. The van der Waals surface area contributed by atoms with Gasteiger partial charge in [-0.15, -0.1) is 0 Å². The molecule has 0 unspecified atom stereocenters. The molecule has 0 saturated carbocycles. The van der Waals surface area contributed by atoms with Gasteiger partial charge in [0.1, 0.15) is 5.82 Å². The van der Waals surface area contributed by atoms with E-state index in [1.807, 2.05) is 13.0 Å². The fourth-order valence-corrected chi connectivity index (χ4v) is 3.64. The second kappa shape index (κ2) is 10.2. The van der Waals surface area contributed by atoms with Crippen LogP contribution in [-0.2, 0) is 16.1 Å². The number of para-hydroxylation sites is 1. The van der Waals surface area contributed by atoms with Crippen molar-refractivity contribution < 1.29 is 13.9 Å². The maximum atomic E-state index is 13.3. The highest BCUT2D eigenvalue weighted by Gasteiger charge is 2.13. The number of nitrogens with zero attached hydrogens (tertiary/aromatic N) is 2. The zero-order chi connectivity index (χ0) is 20.6. The Morgan fingerprint density at radius 1 is 1.24 bits per heavy atom. The van der Waals surface area contributed by atoms with Crippen molar-refractivity contribution in [2.24, 2.45) is 0 Å². The summed E-state index contributed by atoms with van der Waals surface area (Å²) in [6.45, 7) is 3.53. The van der Waals surface area contributed by atoms with Gasteiger partial charge in [0.15, 0.2) is 5.16 Å². The number of ether oxygens (including phenoxy) is 1. The third-order valence-electron chi connectivity index (χ3n) is 4.14. The molecule has 0 aliphatic rings. The molecular formula is C21H22FN3O3S. The Hall–Kier alpha value is -2.71. The molecule has 3 rings (SSSR count). The molecule has 0 aliphatic carbocycles. The van der Waals surface area contributed by atoms with Crippen molar-refractivity contribution in [3.05, 3.63) is 64.7 Å². The van der Waals surface area contributed by atoms with Crippen LogP contribution in [0.5, 0.6) is 0 Å². The van der Waals surface area contributed by atoms with Gasteiger partial charge in [0.25, 0.3) is 5.56 Å². The average molecular weight is 415 g/mol. The Morgan fingerprint density at radius 3 is 2.86 bits per heavy atom. The number of carbonyl (C=O) groups is 1. The summed E-state index contributed by atoms with van der Waals surface area (Å²) in [5.41, 5.74) is 0.836. The van der Waals surface area contributed by atoms with Crippen LogP contribution in [0.3, 0.4) is 0 Å². The van der Waals surface area contributed by atoms with Gasteiger partial charge in [-0.25, -0.2) is 9.37 Å². The number of nitrogens with one attached hydrogen (secondary N) is 1. The van der Waals surface area contributed by atoms with Gasteiger partial charge in [-0.3, -0.25) is 14.2 Å². The second-order valence-electron chi connectivity index (χ2n) is 6.27. The second-order valence-corrected chi connectivity index (χ2v) is 7.21. The van der Waals surface area contributed by atoms with E-state index in [1.165, 1.54) is 30.0 Å². The first-order valence-corrected chi connectivity index (χ1v) is 10.3. The Kier molecular flexibility index (Phi) is 7.37. The standard InChI is InChI=1S/C21H22FN3O3S/c1-2-28-12-6-11-25-20(27)17-9-3-4-10-18(17)24-21(25)29-14-19(26)23-16-8-5-7-15(22)13-16/h3-5,7-10,13H,2,6,11-12,14H2,1H3,(H,23,26). The average Bonchev–Trinajstić information content (AvgIpc) is 2.71. The van der Waals surface area contributed by atoms with Crippen molar-refractivity contribution in [3.8, 4) is 0 Å². The zero-order valence-electron chi connectivity index (χ0n) is 16.1. The Balaban J connectivity index is 1.77. The van der Waals surface area contributed by atoms with Gasteiger partial charge in [0.05, 0.1) is 16.7 Å². The predicted molar refractivity (Wildman–Crippen MR) is 113 cm³/mol. The molecule has 0 aliphatic heterocycles. The number of hydrogen-bond donors (Lipinski definition) is 1. The molecule has 152 valence electrons. The molecular weight excluding hydrogens is 393 g/mol. The Bertz CT molecular complexity index is 1050. The van der Waals surface area contributed by atoms with Crippen molar-refractivity contribution in [2.75, 3.05) is 24.3 Å². The summed E-state index contributed by atoms with van der Waals surface area (Å²) >= 11 is 1.18. The van der Waals surface area contributed by atoms with Gasteiger partial charge in [-0.2, -0.15) is 0 Å². The van der Waals surface area contributed by atoms with Crippen LogP contribution < -0.4 is 10.9 Å². The molecule has 0 radical (unpaired) electrons. The van der Waals surface area contributed by atoms with E-state index in [2.05, 4.69) is 10.3 Å². The van der Waals surface area contributed by atoms with Crippen LogP contribution in [0.25, 0.3) is 10.9 Å². The lowest BCUT2D eigenvalue weighted by atomic mass is 10.2. The summed E-state index contributed by atoms with van der Waals surface area (Å²) in [6, 6.07) is 12.8.